The van der Waals surface area contributed by atoms with Crippen LogP contribution in [0.1, 0.15) is 16.7 Å². The molecular weight excluding hydrogens is 526 g/mol. The van der Waals surface area contributed by atoms with E-state index in [4.69, 9.17) is 11.3 Å². The molecule has 0 amide bonds. The zero-order chi connectivity index (χ0) is 29.3. The Morgan fingerprint density at radius 1 is 0.674 bits per heavy atom. The van der Waals surface area contributed by atoms with Crippen LogP contribution in [0.2, 0.25) is 0 Å². The zero-order valence-corrected chi connectivity index (χ0v) is 23.5. The molecule has 0 aliphatic rings. The fourth-order valence-corrected chi connectivity index (χ4v) is 5.90. The number of hydrogen-bond acceptors (Lipinski definition) is 3. The monoisotopic (exact) mass is 551 g/mol. The topological polar surface area (TPSA) is 40.6 Å². The van der Waals surface area contributed by atoms with Crippen LogP contribution in [-0.2, 0) is 0 Å². The lowest BCUT2D eigenvalue weighted by Crippen LogP contribution is -2.09. The summed E-state index contributed by atoms with van der Waals surface area (Å²) >= 11 is 0. The highest BCUT2D eigenvalue weighted by atomic mass is 16.5. The first kappa shape index (κ1) is 25.8. The average Bonchev–Trinajstić information content (AvgIpc) is 3.07. The second-order valence-electron chi connectivity index (χ2n) is 10.4. The maximum atomic E-state index is 9.89. The van der Waals surface area contributed by atoms with Crippen molar-refractivity contribution in [2.45, 2.75) is 0 Å². The maximum absolute atomic E-state index is 9.89. The molecule has 0 fully saturated rings. The van der Waals surface area contributed by atoms with E-state index in [1.54, 1.807) is 7.11 Å². The number of para-hydroxylation sites is 1. The number of hydrogen-bond donors (Lipinski definition) is 0. The largest absolute Gasteiger partial charge is 0.497 e. The van der Waals surface area contributed by atoms with Gasteiger partial charge in [0.1, 0.15) is 5.75 Å². The maximum Gasteiger partial charge on any atom is 0.195 e. The highest BCUT2D eigenvalue weighted by molar-refractivity contribution is 6.27. The predicted octanol–water partition coefficient (Wildman–Crippen LogP) is 10.7. The Balaban J connectivity index is 1.27. The van der Waals surface area contributed by atoms with Crippen LogP contribution in [0.5, 0.6) is 5.75 Å². The van der Waals surface area contributed by atoms with E-state index in [-0.39, 0.29) is 0 Å². The molecule has 0 radical (unpaired) electrons. The molecule has 202 valence electrons. The number of ether oxygens (including phenoxy) is 1. The molecule has 0 atom stereocenters. The van der Waals surface area contributed by atoms with E-state index in [1.807, 2.05) is 60.7 Å². The van der Waals surface area contributed by atoms with Crippen LogP contribution in [-0.4, -0.2) is 7.11 Å². The second-order valence-corrected chi connectivity index (χ2v) is 10.4. The number of nitrogens with zero attached hydrogens (tertiary/aromatic N) is 3. The van der Waals surface area contributed by atoms with Crippen LogP contribution >= 0.6 is 0 Å². The molecule has 0 bridgehead atoms. The quantitative estimate of drug-likeness (QED) is 0.117. The minimum atomic E-state index is 0.619. The number of anilines is 3. The van der Waals surface area contributed by atoms with Gasteiger partial charge in [0.25, 0.3) is 0 Å². The lowest BCUT2D eigenvalue weighted by atomic mass is 9.89. The Bertz CT molecular complexity index is 2220. The smallest absolute Gasteiger partial charge is 0.195 e. The van der Waals surface area contributed by atoms with E-state index < -0.39 is 0 Å². The molecule has 4 nitrogen and oxygen atoms in total. The van der Waals surface area contributed by atoms with Gasteiger partial charge in [0.05, 0.1) is 25.3 Å². The van der Waals surface area contributed by atoms with Gasteiger partial charge in [-0.05, 0) is 105 Å². The third kappa shape index (κ3) is 4.58. The van der Waals surface area contributed by atoms with Gasteiger partial charge in [0, 0.05) is 22.4 Å². The Hall–Kier alpha value is -6.10. The first-order valence-corrected chi connectivity index (χ1v) is 14.0. The summed E-state index contributed by atoms with van der Waals surface area (Å²) in [6.45, 7) is 7.85. The Kier molecular flexibility index (Phi) is 6.44. The second kappa shape index (κ2) is 10.7. The highest BCUT2D eigenvalue weighted by Crippen LogP contribution is 2.42. The predicted molar refractivity (Wildman–Crippen MR) is 178 cm³/mol. The summed E-state index contributed by atoms with van der Waals surface area (Å²) in [4.78, 5) is 6.07. The summed E-state index contributed by atoms with van der Waals surface area (Å²) < 4.78 is 5.37. The number of benzene rings is 7. The normalized spacial score (nSPS) is 11.2. The molecular formula is C39H25N3O. The number of rotatable bonds is 6. The summed E-state index contributed by atoms with van der Waals surface area (Å²) in [5.74, 6) is 0.816. The summed E-state index contributed by atoms with van der Waals surface area (Å²) in [6.07, 6.45) is 4.15. The van der Waals surface area contributed by atoms with Crippen molar-refractivity contribution < 1.29 is 4.74 Å². The third-order valence-corrected chi connectivity index (χ3v) is 7.90. The first-order chi connectivity index (χ1) is 21.2. The van der Waals surface area contributed by atoms with Crippen molar-refractivity contribution in [1.29, 1.82) is 5.26 Å². The van der Waals surface area contributed by atoms with Gasteiger partial charge in [0.2, 0.25) is 0 Å². The van der Waals surface area contributed by atoms with Gasteiger partial charge in [-0.15, -0.1) is 0 Å². The van der Waals surface area contributed by atoms with Gasteiger partial charge in [-0.3, -0.25) is 0 Å². The summed E-state index contributed by atoms with van der Waals surface area (Å²) in [5, 5.41) is 15.8. The van der Waals surface area contributed by atoms with Crippen LogP contribution in [0, 0.1) is 17.9 Å². The van der Waals surface area contributed by atoms with Crippen molar-refractivity contribution in [2.75, 3.05) is 12.0 Å². The highest BCUT2D eigenvalue weighted by Gasteiger charge is 2.16. The van der Waals surface area contributed by atoms with Gasteiger partial charge in [-0.1, -0.05) is 66.7 Å². The van der Waals surface area contributed by atoms with Gasteiger partial charge >= 0.3 is 0 Å². The van der Waals surface area contributed by atoms with Crippen LogP contribution in [0.15, 0.2) is 121 Å². The lowest BCUT2D eigenvalue weighted by molar-refractivity contribution is 0.415. The van der Waals surface area contributed by atoms with Crippen molar-refractivity contribution in [2.24, 2.45) is 0 Å². The van der Waals surface area contributed by atoms with E-state index in [1.165, 1.54) is 0 Å². The molecule has 0 heterocycles. The SMILES string of the molecule is [C-]#[N+]c1cc2cccc3c(C#N)cc4cc(/C=C\c5ccc(N(c6ccccc6)c6ccc(OC)cc6)cc5)cc1c4c23. The van der Waals surface area contributed by atoms with Crippen LogP contribution < -0.4 is 9.64 Å². The van der Waals surface area contributed by atoms with Gasteiger partial charge in [0.15, 0.2) is 5.69 Å². The minimum absolute atomic E-state index is 0.619. The molecule has 0 aliphatic carbocycles. The van der Waals surface area contributed by atoms with E-state index >= 15 is 0 Å². The van der Waals surface area contributed by atoms with E-state index in [9.17, 15) is 5.26 Å². The van der Waals surface area contributed by atoms with Gasteiger partial charge in [-0.2, -0.15) is 5.26 Å². The van der Waals surface area contributed by atoms with Crippen molar-refractivity contribution >= 4 is 67.2 Å². The number of methoxy groups -OCH3 is 1. The molecule has 7 rings (SSSR count). The van der Waals surface area contributed by atoms with Crippen LogP contribution in [0.3, 0.4) is 0 Å². The molecule has 0 unspecified atom stereocenters. The Morgan fingerprint density at radius 3 is 2.05 bits per heavy atom. The molecule has 4 heteroatoms. The van der Waals surface area contributed by atoms with Crippen molar-refractivity contribution in [3.8, 4) is 11.8 Å². The molecule has 0 saturated heterocycles. The lowest BCUT2D eigenvalue weighted by Gasteiger charge is -2.25. The van der Waals surface area contributed by atoms with Crippen LogP contribution in [0.25, 0.3) is 49.3 Å². The van der Waals surface area contributed by atoms with Crippen molar-refractivity contribution in [3.05, 3.63) is 149 Å². The molecule has 43 heavy (non-hydrogen) atoms. The molecule has 7 aromatic carbocycles. The van der Waals surface area contributed by atoms with E-state index in [2.05, 4.69) is 88.6 Å². The number of nitriles is 1. The summed E-state index contributed by atoms with van der Waals surface area (Å²) in [5.41, 5.74) is 6.45. The molecule has 0 spiro atoms. The fourth-order valence-electron chi connectivity index (χ4n) is 5.90. The molecule has 0 aliphatic heterocycles. The van der Waals surface area contributed by atoms with Crippen molar-refractivity contribution in [1.82, 2.24) is 0 Å². The third-order valence-electron chi connectivity index (χ3n) is 7.90. The molecule has 7 aromatic rings. The van der Waals surface area contributed by atoms with Gasteiger partial charge in [-0.25, -0.2) is 4.85 Å². The van der Waals surface area contributed by atoms with Crippen molar-refractivity contribution in [3.63, 3.8) is 0 Å². The Morgan fingerprint density at radius 2 is 1.35 bits per heavy atom. The van der Waals surface area contributed by atoms with Crippen LogP contribution in [0.4, 0.5) is 22.7 Å². The summed E-state index contributed by atoms with van der Waals surface area (Å²) in [7, 11) is 1.67. The van der Waals surface area contributed by atoms with E-state index in [0.717, 1.165) is 66.3 Å². The molecule has 0 aromatic heterocycles. The Labute approximate surface area is 250 Å². The molecule has 0 N–H and O–H groups in total. The van der Waals surface area contributed by atoms with E-state index in [0.29, 0.717) is 11.3 Å². The van der Waals surface area contributed by atoms with Gasteiger partial charge < -0.3 is 9.64 Å². The minimum Gasteiger partial charge on any atom is -0.497 e. The zero-order valence-electron chi connectivity index (χ0n) is 23.5. The first-order valence-electron chi connectivity index (χ1n) is 14.0. The fraction of sp³-hybridized carbons (Fsp3) is 0.0256. The summed E-state index contributed by atoms with van der Waals surface area (Å²) in [6, 6.07) is 43.2. The standard InChI is InChI=1S/C39H25N3O/c1-41-37-24-28-7-6-10-35-30(25-40)23-29-21-27(22-36(37)39(29)38(28)35)12-11-26-13-15-32(16-14-26)42(31-8-4-3-5-9-31)33-17-19-34(43-2)20-18-33/h3-24H,2H3/b12-11-. The average molecular weight is 552 g/mol. The molecule has 0 saturated carbocycles.